The topological polar surface area (TPSA) is 47.3 Å². The maximum atomic E-state index is 12.5. The summed E-state index contributed by atoms with van der Waals surface area (Å²) < 4.78 is 25.0. The Hall–Kier alpha value is -0.730. The number of rotatable bonds is 5. The summed E-state index contributed by atoms with van der Waals surface area (Å²) in [7, 11) is 0. The second-order valence-corrected chi connectivity index (χ2v) is 4.55. The molecule has 0 aromatic rings. The van der Waals surface area contributed by atoms with Crippen LogP contribution in [-0.2, 0) is 0 Å². The first-order chi connectivity index (χ1) is 8.19. The third-order valence-electron chi connectivity index (χ3n) is 3.37. The predicted molar refractivity (Wildman–Crippen MR) is 60.6 cm³/mol. The minimum Gasteiger partial charge on any atom is -0.395 e. The smallest absolute Gasteiger partial charge is 0.251 e. The first-order valence-electron chi connectivity index (χ1n) is 6.21. The van der Waals surface area contributed by atoms with Gasteiger partial charge in [-0.25, -0.2) is 8.78 Å². The molecule has 0 spiro atoms. The lowest BCUT2D eigenvalue weighted by molar-refractivity contribution is 0.0420. The molecule has 1 fully saturated rings. The molecule has 2 atom stereocenters. The fourth-order valence-corrected chi connectivity index (χ4v) is 2.57. The molecular weight excluding hydrogens is 226 g/mol. The fourth-order valence-electron chi connectivity index (χ4n) is 2.57. The molecule has 3 nitrogen and oxygen atoms in total. The van der Waals surface area contributed by atoms with Crippen molar-refractivity contribution in [3.63, 3.8) is 0 Å². The number of aliphatic hydroxyl groups is 1. The molecule has 0 radical (unpaired) electrons. The Balaban J connectivity index is 2.70. The normalized spacial score (nSPS) is 25.9. The molecule has 0 aromatic heterocycles. The van der Waals surface area contributed by atoms with Gasteiger partial charge in [0, 0.05) is 12.6 Å². The monoisotopic (exact) mass is 246 g/mol. The van der Waals surface area contributed by atoms with Gasteiger partial charge in [-0.3, -0.25) is 4.90 Å². The number of aliphatic hydroxyl groups excluding tert-OH is 1. The van der Waals surface area contributed by atoms with Gasteiger partial charge in [0.15, 0.2) is 0 Å². The third kappa shape index (κ3) is 4.57. The van der Waals surface area contributed by atoms with Gasteiger partial charge in [0.1, 0.15) is 0 Å². The highest BCUT2D eigenvalue weighted by Crippen LogP contribution is 2.27. The highest BCUT2D eigenvalue weighted by atomic mass is 19.3. The molecule has 17 heavy (non-hydrogen) atoms. The summed E-state index contributed by atoms with van der Waals surface area (Å²) in [5, 5.41) is 18.1. The molecule has 98 valence electrons. The summed E-state index contributed by atoms with van der Waals surface area (Å²) in [5.74, 6) is -0.178. The van der Waals surface area contributed by atoms with Gasteiger partial charge in [-0.05, 0) is 12.8 Å². The first-order valence-corrected chi connectivity index (χ1v) is 6.21. The van der Waals surface area contributed by atoms with E-state index in [1.54, 1.807) is 4.90 Å². The molecular formula is C12H20F2N2O. The highest BCUT2D eigenvalue weighted by Gasteiger charge is 2.30. The maximum absolute atomic E-state index is 12.5. The van der Waals surface area contributed by atoms with Crippen LogP contribution in [0.5, 0.6) is 0 Å². The molecule has 1 aliphatic carbocycles. The van der Waals surface area contributed by atoms with Crippen LogP contribution in [0.1, 0.15) is 32.1 Å². The Morgan fingerprint density at radius 3 is 2.59 bits per heavy atom. The number of halogens is 2. The second-order valence-electron chi connectivity index (χ2n) is 4.55. The molecule has 0 heterocycles. The van der Waals surface area contributed by atoms with Gasteiger partial charge in [0.25, 0.3) is 6.43 Å². The zero-order valence-electron chi connectivity index (χ0n) is 9.99. The van der Waals surface area contributed by atoms with E-state index in [0.29, 0.717) is 0 Å². The van der Waals surface area contributed by atoms with Crippen molar-refractivity contribution in [2.45, 2.75) is 44.6 Å². The number of hydrogen-bond acceptors (Lipinski definition) is 3. The van der Waals surface area contributed by atoms with E-state index in [9.17, 15) is 8.78 Å². The van der Waals surface area contributed by atoms with Crippen LogP contribution in [0, 0.1) is 17.2 Å². The van der Waals surface area contributed by atoms with E-state index in [4.69, 9.17) is 10.4 Å². The number of nitriles is 1. The molecule has 0 amide bonds. The molecule has 1 aliphatic rings. The van der Waals surface area contributed by atoms with Crippen molar-refractivity contribution in [1.29, 1.82) is 5.26 Å². The standard InChI is InChI=1S/C12H20F2N2O/c13-12(14)9-16(6-7-17)11-5-3-1-2-4-10(11)8-15/h10-12,17H,1-7,9H2. The summed E-state index contributed by atoms with van der Waals surface area (Å²) in [6.45, 7) is -0.252. The van der Waals surface area contributed by atoms with E-state index in [1.165, 1.54) is 0 Å². The van der Waals surface area contributed by atoms with Crippen molar-refractivity contribution < 1.29 is 13.9 Å². The summed E-state index contributed by atoms with van der Waals surface area (Å²) in [4.78, 5) is 1.59. The van der Waals surface area contributed by atoms with Crippen molar-refractivity contribution in [3.8, 4) is 6.07 Å². The van der Waals surface area contributed by atoms with E-state index in [-0.39, 0.29) is 31.7 Å². The van der Waals surface area contributed by atoms with Gasteiger partial charge in [0.2, 0.25) is 0 Å². The Morgan fingerprint density at radius 2 is 2.00 bits per heavy atom. The molecule has 5 heteroatoms. The first kappa shape index (κ1) is 14.3. The average Bonchev–Trinajstić information content (AvgIpc) is 2.52. The van der Waals surface area contributed by atoms with Crippen molar-refractivity contribution in [2.75, 3.05) is 19.7 Å². The summed E-state index contributed by atoms with van der Waals surface area (Å²) in [6, 6.07) is 2.12. The summed E-state index contributed by atoms with van der Waals surface area (Å²) >= 11 is 0. The fraction of sp³-hybridized carbons (Fsp3) is 0.917. The van der Waals surface area contributed by atoms with Gasteiger partial charge in [0.05, 0.1) is 25.1 Å². The van der Waals surface area contributed by atoms with Crippen LogP contribution in [0.15, 0.2) is 0 Å². The molecule has 0 aromatic carbocycles. The highest BCUT2D eigenvalue weighted by molar-refractivity contribution is 4.94. The predicted octanol–water partition coefficient (Wildman–Crippen LogP) is 2.02. The van der Waals surface area contributed by atoms with Gasteiger partial charge < -0.3 is 5.11 Å². The van der Waals surface area contributed by atoms with Gasteiger partial charge in [-0.2, -0.15) is 5.26 Å². The lowest BCUT2D eigenvalue weighted by atomic mass is 9.94. The minimum absolute atomic E-state index is 0.122. The molecule has 1 N–H and O–H groups in total. The van der Waals surface area contributed by atoms with Gasteiger partial charge in [-0.15, -0.1) is 0 Å². The Labute approximate surface area is 101 Å². The van der Waals surface area contributed by atoms with Gasteiger partial charge in [-0.1, -0.05) is 19.3 Å². The van der Waals surface area contributed by atoms with E-state index >= 15 is 0 Å². The number of nitrogens with zero attached hydrogens (tertiary/aromatic N) is 2. The van der Waals surface area contributed by atoms with Crippen molar-refractivity contribution in [2.24, 2.45) is 5.92 Å². The molecule has 1 rings (SSSR count). The van der Waals surface area contributed by atoms with Crippen LogP contribution in [0.2, 0.25) is 0 Å². The minimum atomic E-state index is -2.41. The van der Waals surface area contributed by atoms with Crippen LogP contribution < -0.4 is 0 Å². The SMILES string of the molecule is N#CC1CCCCCC1N(CCO)CC(F)F. The number of alkyl halides is 2. The van der Waals surface area contributed by atoms with E-state index in [0.717, 1.165) is 32.1 Å². The Morgan fingerprint density at radius 1 is 1.29 bits per heavy atom. The Kier molecular flexibility index (Phi) is 6.38. The van der Waals surface area contributed by atoms with Crippen molar-refractivity contribution in [1.82, 2.24) is 4.90 Å². The van der Waals surface area contributed by atoms with Gasteiger partial charge >= 0.3 is 0 Å². The van der Waals surface area contributed by atoms with Crippen LogP contribution in [-0.4, -0.2) is 42.2 Å². The molecule has 0 saturated heterocycles. The van der Waals surface area contributed by atoms with Crippen molar-refractivity contribution >= 4 is 0 Å². The maximum Gasteiger partial charge on any atom is 0.251 e. The molecule has 0 aliphatic heterocycles. The van der Waals surface area contributed by atoms with E-state index in [2.05, 4.69) is 6.07 Å². The molecule has 1 saturated carbocycles. The zero-order chi connectivity index (χ0) is 12.7. The third-order valence-corrected chi connectivity index (χ3v) is 3.37. The van der Waals surface area contributed by atoms with Crippen molar-refractivity contribution in [3.05, 3.63) is 0 Å². The van der Waals surface area contributed by atoms with Crippen LogP contribution >= 0.6 is 0 Å². The van der Waals surface area contributed by atoms with Crippen LogP contribution in [0.3, 0.4) is 0 Å². The number of hydrogen-bond donors (Lipinski definition) is 1. The molecule has 0 bridgehead atoms. The lowest BCUT2D eigenvalue weighted by Crippen LogP contribution is -2.44. The average molecular weight is 246 g/mol. The van der Waals surface area contributed by atoms with Crippen LogP contribution in [0.4, 0.5) is 8.78 Å². The van der Waals surface area contributed by atoms with Crippen LogP contribution in [0.25, 0.3) is 0 Å². The quantitative estimate of drug-likeness (QED) is 0.755. The zero-order valence-corrected chi connectivity index (χ0v) is 9.99. The second kappa shape index (κ2) is 7.57. The largest absolute Gasteiger partial charge is 0.395 e. The summed E-state index contributed by atoms with van der Waals surface area (Å²) in [5.41, 5.74) is 0. The van der Waals surface area contributed by atoms with E-state index < -0.39 is 6.43 Å². The summed E-state index contributed by atoms with van der Waals surface area (Å²) in [6.07, 6.45) is 2.20. The van der Waals surface area contributed by atoms with E-state index in [1.807, 2.05) is 0 Å². The Bertz CT molecular complexity index is 255. The molecule has 2 unspecified atom stereocenters. The lowest BCUT2D eigenvalue weighted by Gasteiger charge is -2.32.